The number of hydrogen-bond acceptors (Lipinski definition) is 4. The lowest BCUT2D eigenvalue weighted by Gasteiger charge is -2.22. The molecule has 0 aliphatic heterocycles. The van der Waals surface area contributed by atoms with Crippen molar-refractivity contribution in [2.45, 2.75) is 12.2 Å². The van der Waals surface area contributed by atoms with Crippen molar-refractivity contribution < 1.29 is 26.8 Å². The van der Waals surface area contributed by atoms with Gasteiger partial charge in [0.2, 0.25) is 0 Å². The normalized spacial score (nSPS) is 12.9. The molecule has 1 unspecified atom stereocenters. The minimum Gasteiger partial charge on any atom is -0.468 e. The summed E-state index contributed by atoms with van der Waals surface area (Å²) in [5.74, 6) is 0.446. The zero-order valence-electron chi connectivity index (χ0n) is 15.3. The Kier molecular flexibility index (Phi) is 5.60. The third-order valence-electron chi connectivity index (χ3n) is 4.26. The summed E-state index contributed by atoms with van der Waals surface area (Å²) in [5, 5.41) is 2.75. The average Bonchev–Trinajstić information content (AvgIpc) is 3.33. The van der Waals surface area contributed by atoms with E-state index in [1.165, 1.54) is 24.3 Å². The third-order valence-corrected chi connectivity index (χ3v) is 4.26. The number of furan rings is 2. The van der Waals surface area contributed by atoms with Crippen molar-refractivity contribution in [1.29, 1.82) is 0 Å². The van der Waals surface area contributed by atoms with Gasteiger partial charge in [0, 0.05) is 12.1 Å². The van der Waals surface area contributed by atoms with Gasteiger partial charge in [-0.1, -0.05) is 12.1 Å². The van der Waals surface area contributed by atoms with Crippen molar-refractivity contribution in [1.82, 2.24) is 10.2 Å². The van der Waals surface area contributed by atoms with Crippen LogP contribution >= 0.6 is 0 Å². The van der Waals surface area contributed by atoms with E-state index in [0.717, 1.165) is 12.1 Å². The van der Waals surface area contributed by atoms with E-state index in [9.17, 15) is 18.0 Å². The lowest BCUT2D eigenvalue weighted by atomic mass is 10.1. The molecule has 0 aliphatic carbocycles. The number of benzene rings is 1. The molecule has 0 aliphatic rings. The van der Waals surface area contributed by atoms with Crippen LogP contribution in [-0.2, 0) is 6.18 Å². The second kappa shape index (κ2) is 7.93. The van der Waals surface area contributed by atoms with Gasteiger partial charge in [0.05, 0.1) is 17.9 Å². The number of hydrogen-bond donors (Lipinski definition) is 1. The Morgan fingerprint density at radius 2 is 1.93 bits per heavy atom. The SMILES string of the molecule is CN(C)C(CNC(=O)c1ccc(-c2cccc(C(F)(F)F)c2)o1)c1ccco1. The number of nitrogens with zero attached hydrogens (tertiary/aromatic N) is 1. The summed E-state index contributed by atoms with van der Waals surface area (Å²) >= 11 is 0. The molecule has 0 fully saturated rings. The molecule has 148 valence electrons. The number of carbonyl (C=O) groups excluding carboxylic acids is 1. The first kappa shape index (κ1) is 19.8. The fourth-order valence-electron chi connectivity index (χ4n) is 2.76. The molecule has 1 aromatic carbocycles. The number of alkyl halides is 3. The number of nitrogens with one attached hydrogen (secondary N) is 1. The van der Waals surface area contributed by atoms with Crippen LogP contribution in [0.25, 0.3) is 11.3 Å². The highest BCUT2D eigenvalue weighted by Crippen LogP contribution is 2.32. The molecular weight excluding hydrogens is 373 g/mol. The Morgan fingerprint density at radius 1 is 1.14 bits per heavy atom. The van der Waals surface area contributed by atoms with Crippen LogP contribution in [0.4, 0.5) is 13.2 Å². The van der Waals surface area contributed by atoms with Gasteiger partial charge in [-0.25, -0.2) is 0 Å². The summed E-state index contributed by atoms with van der Waals surface area (Å²) < 4.78 is 49.5. The minimum absolute atomic E-state index is 0.0179. The molecule has 1 N–H and O–H groups in total. The lowest BCUT2D eigenvalue weighted by Crippen LogP contribution is -2.34. The molecule has 2 aromatic heterocycles. The smallest absolute Gasteiger partial charge is 0.416 e. The van der Waals surface area contributed by atoms with E-state index in [1.54, 1.807) is 12.3 Å². The maximum atomic E-state index is 12.9. The predicted molar refractivity (Wildman–Crippen MR) is 96.6 cm³/mol. The van der Waals surface area contributed by atoms with Gasteiger partial charge in [-0.2, -0.15) is 13.2 Å². The quantitative estimate of drug-likeness (QED) is 0.667. The number of rotatable bonds is 6. The largest absolute Gasteiger partial charge is 0.468 e. The molecule has 0 spiro atoms. The van der Waals surface area contributed by atoms with E-state index in [-0.39, 0.29) is 29.7 Å². The van der Waals surface area contributed by atoms with Crippen LogP contribution in [0, 0.1) is 0 Å². The van der Waals surface area contributed by atoms with Crippen LogP contribution < -0.4 is 5.32 Å². The first-order chi connectivity index (χ1) is 13.3. The number of halogens is 3. The van der Waals surface area contributed by atoms with Crippen LogP contribution in [0.2, 0.25) is 0 Å². The first-order valence-electron chi connectivity index (χ1n) is 8.51. The number of likely N-dealkylation sites (N-methyl/N-ethyl adjacent to an activating group) is 1. The second-order valence-electron chi connectivity index (χ2n) is 6.45. The zero-order chi connectivity index (χ0) is 20.3. The number of amides is 1. The van der Waals surface area contributed by atoms with Crippen LogP contribution in [0.3, 0.4) is 0 Å². The Bertz CT molecular complexity index is 930. The molecule has 8 heteroatoms. The Labute approximate surface area is 159 Å². The number of carbonyl (C=O) groups is 1. The Balaban J connectivity index is 1.71. The molecule has 1 amide bonds. The molecule has 0 saturated heterocycles. The van der Waals surface area contributed by atoms with E-state index in [4.69, 9.17) is 8.83 Å². The summed E-state index contributed by atoms with van der Waals surface area (Å²) in [6.07, 6.45) is -2.89. The minimum atomic E-state index is -4.45. The summed E-state index contributed by atoms with van der Waals surface area (Å²) in [5.41, 5.74) is -0.532. The van der Waals surface area contributed by atoms with E-state index in [0.29, 0.717) is 5.76 Å². The van der Waals surface area contributed by atoms with Gasteiger partial charge in [0.25, 0.3) is 5.91 Å². The van der Waals surface area contributed by atoms with Crippen molar-refractivity contribution in [2.75, 3.05) is 20.6 Å². The average molecular weight is 392 g/mol. The molecule has 5 nitrogen and oxygen atoms in total. The molecule has 3 rings (SSSR count). The maximum absolute atomic E-state index is 12.9. The summed E-state index contributed by atoms with van der Waals surface area (Å²) in [6.45, 7) is 0.277. The maximum Gasteiger partial charge on any atom is 0.416 e. The molecule has 2 heterocycles. The fraction of sp³-hybridized carbons (Fsp3) is 0.250. The summed E-state index contributed by atoms with van der Waals surface area (Å²) in [7, 11) is 3.72. The first-order valence-corrected chi connectivity index (χ1v) is 8.51. The molecule has 0 bridgehead atoms. The van der Waals surface area contributed by atoms with Crippen molar-refractivity contribution >= 4 is 5.91 Å². The van der Waals surface area contributed by atoms with Gasteiger partial charge >= 0.3 is 6.18 Å². The Hall–Kier alpha value is -3.00. The fourth-order valence-corrected chi connectivity index (χ4v) is 2.76. The van der Waals surface area contributed by atoms with Gasteiger partial charge in [-0.05, 0) is 50.5 Å². The zero-order valence-corrected chi connectivity index (χ0v) is 15.3. The third kappa shape index (κ3) is 4.45. The second-order valence-corrected chi connectivity index (χ2v) is 6.45. The van der Waals surface area contributed by atoms with Crippen LogP contribution in [0.1, 0.15) is 27.9 Å². The van der Waals surface area contributed by atoms with Crippen LogP contribution in [-0.4, -0.2) is 31.4 Å². The van der Waals surface area contributed by atoms with Gasteiger partial charge in [0.15, 0.2) is 5.76 Å². The monoisotopic (exact) mass is 392 g/mol. The predicted octanol–water partition coefficient (Wildman–Crippen LogP) is 4.59. The standard InChI is InChI=1S/C20H19F3N2O3/c1-25(2)15(17-7-4-10-27-17)12-24-19(26)18-9-8-16(28-18)13-5-3-6-14(11-13)20(21,22)23/h3-11,15H,12H2,1-2H3,(H,24,26). The van der Waals surface area contributed by atoms with E-state index in [1.807, 2.05) is 25.1 Å². The molecular formula is C20H19F3N2O3. The van der Waals surface area contributed by atoms with Gasteiger partial charge in [-0.15, -0.1) is 0 Å². The van der Waals surface area contributed by atoms with Crippen LogP contribution in [0.5, 0.6) is 0 Å². The van der Waals surface area contributed by atoms with Crippen molar-refractivity contribution in [2.24, 2.45) is 0 Å². The summed E-state index contributed by atoms with van der Waals surface area (Å²) in [6, 6.07) is 11.1. The topological polar surface area (TPSA) is 58.6 Å². The van der Waals surface area contributed by atoms with Gasteiger partial charge in [-0.3, -0.25) is 9.69 Å². The van der Waals surface area contributed by atoms with E-state index >= 15 is 0 Å². The van der Waals surface area contributed by atoms with Crippen molar-refractivity contribution in [3.05, 3.63) is 71.9 Å². The van der Waals surface area contributed by atoms with E-state index in [2.05, 4.69) is 5.32 Å². The van der Waals surface area contributed by atoms with Crippen molar-refractivity contribution in [3.63, 3.8) is 0 Å². The Morgan fingerprint density at radius 3 is 2.57 bits per heavy atom. The molecule has 1 atom stereocenters. The highest BCUT2D eigenvalue weighted by Gasteiger charge is 2.30. The van der Waals surface area contributed by atoms with Crippen LogP contribution in [0.15, 0.2) is 63.6 Å². The van der Waals surface area contributed by atoms with Crippen molar-refractivity contribution in [3.8, 4) is 11.3 Å². The summed E-state index contributed by atoms with van der Waals surface area (Å²) in [4.78, 5) is 14.3. The van der Waals surface area contributed by atoms with E-state index < -0.39 is 17.6 Å². The molecule has 3 aromatic rings. The molecule has 28 heavy (non-hydrogen) atoms. The highest BCUT2D eigenvalue weighted by molar-refractivity contribution is 5.92. The molecule has 0 radical (unpaired) electrons. The van der Waals surface area contributed by atoms with Gasteiger partial charge < -0.3 is 14.2 Å². The highest BCUT2D eigenvalue weighted by atomic mass is 19.4. The molecule has 0 saturated carbocycles. The lowest BCUT2D eigenvalue weighted by molar-refractivity contribution is -0.137. The van der Waals surface area contributed by atoms with Gasteiger partial charge in [0.1, 0.15) is 11.5 Å².